The minimum atomic E-state index is -2.87. The molecule has 0 radical (unpaired) electrons. The van der Waals surface area contributed by atoms with E-state index in [1.54, 1.807) is 32.9 Å². The topological polar surface area (TPSA) is 55.7 Å². The first-order valence-corrected chi connectivity index (χ1v) is 11.3. The van der Waals surface area contributed by atoms with Crippen LogP contribution in [0.3, 0.4) is 0 Å². The Morgan fingerprint density at radius 3 is 1.62 bits per heavy atom. The zero-order valence-electron chi connectivity index (χ0n) is 17.1. The zero-order valence-corrected chi connectivity index (χ0v) is 17.9. The Balaban J connectivity index is 1.81. The summed E-state index contributed by atoms with van der Waals surface area (Å²) in [5.74, 6) is 0. The molecule has 0 spiro atoms. The van der Waals surface area contributed by atoms with Crippen molar-refractivity contribution in [3.05, 3.63) is 78.9 Å². The Bertz CT molecular complexity index is 1100. The highest BCUT2D eigenvalue weighted by atomic mass is 32.2. The van der Waals surface area contributed by atoms with Crippen LogP contribution in [0.15, 0.2) is 88.1 Å². The summed E-state index contributed by atoms with van der Waals surface area (Å²) in [4.78, 5) is 12.4. The van der Waals surface area contributed by atoms with Crippen molar-refractivity contribution in [2.24, 2.45) is 4.36 Å². The fraction of sp³-hybridized carbons (Fsp3) is 0.208. The maximum absolute atomic E-state index is 12.9. The largest absolute Gasteiger partial charge is 0.442 e. The Morgan fingerprint density at radius 2 is 1.17 bits per heavy atom. The molecule has 0 aliphatic heterocycles. The molecule has 4 nitrogen and oxygen atoms in total. The molecule has 0 aliphatic carbocycles. The van der Waals surface area contributed by atoms with E-state index >= 15 is 0 Å². The van der Waals surface area contributed by atoms with Crippen molar-refractivity contribution < 1.29 is 13.7 Å². The lowest BCUT2D eigenvalue weighted by molar-refractivity contribution is 0.0607. The Morgan fingerprint density at radius 1 is 0.759 bits per heavy atom. The van der Waals surface area contributed by atoms with Crippen LogP contribution in [-0.4, -0.2) is 22.2 Å². The first-order chi connectivity index (χ1) is 13.6. The van der Waals surface area contributed by atoms with Crippen molar-refractivity contribution in [1.29, 1.82) is 0 Å². The van der Waals surface area contributed by atoms with Gasteiger partial charge in [0.25, 0.3) is 0 Å². The smallest absolute Gasteiger partial charge is 0.442 e. The zero-order chi connectivity index (χ0) is 21.1. The van der Waals surface area contributed by atoms with Crippen LogP contribution in [0.5, 0.6) is 0 Å². The molecule has 0 aromatic heterocycles. The van der Waals surface area contributed by atoms with E-state index in [4.69, 9.17) is 4.74 Å². The third-order valence-electron chi connectivity index (χ3n) is 4.26. The summed E-state index contributed by atoms with van der Waals surface area (Å²) in [6, 6.07) is 25.8. The van der Waals surface area contributed by atoms with E-state index in [2.05, 4.69) is 40.8 Å². The van der Waals surface area contributed by atoms with Crippen LogP contribution in [0.25, 0.3) is 22.3 Å². The van der Waals surface area contributed by atoms with Gasteiger partial charge in [-0.3, -0.25) is 0 Å². The van der Waals surface area contributed by atoms with Gasteiger partial charge in [0.15, 0.2) is 0 Å². The molecule has 0 fully saturated rings. The number of nitrogens with zero attached hydrogens (tertiary/aromatic N) is 1. The number of amides is 1. The Hall–Kier alpha value is -2.92. The van der Waals surface area contributed by atoms with Crippen molar-refractivity contribution >= 4 is 15.8 Å². The summed E-state index contributed by atoms with van der Waals surface area (Å²) in [6.07, 6.45) is 0.631. The predicted molar refractivity (Wildman–Crippen MR) is 118 cm³/mol. The normalized spacial score (nSPS) is 13.4. The maximum Gasteiger partial charge on any atom is 0.442 e. The minimum Gasteiger partial charge on any atom is -0.442 e. The van der Waals surface area contributed by atoms with Gasteiger partial charge in [0.2, 0.25) is 0 Å². The number of carbonyl (C=O) groups is 1. The van der Waals surface area contributed by atoms with Gasteiger partial charge in [0, 0.05) is 11.2 Å². The molecule has 0 bridgehead atoms. The fourth-order valence-corrected chi connectivity index (χ4v) is 3.93. The van der Waals surface area contributed by atoms with Gasteiger partial charge in [-0.25, -0.2) is 9.00 Å². The highest BCUT2D eigenvalue weighted by Gasteiger charge is 2.18. The van der Waals surface area contributed by atoms with Gasteiger partial charge in [-0.2, -0.15) is 0 Å². The summed E-state index contributed by atoms with van der Waals surface area (Å²) < 4.78 is 21.8. The Labute approximate surface area is 172 Å². The average Bonchev–Trinajstić information content (AvgIpc) is 2.67. The monoisotopic (exact) mass is 407 g/mol. The van der Waals surface area contributed by atoms with Crippen LogP contribution < -0.4 is 0 Å². The number of benzene rings is 3. The van der Waals surface area contributed by atoms with Gasteiger partial charge in [0.05, 0.1) is 9.73 Å². The second-order valence-corrected chi connectivity index (χ2v) is 10.1. The summed E-state index contributed by atoms with van der Waals surface area (Å²) >= 11 is 0. The van der Waals surface area contributed by atoms with E-state index in [9.17, 15) is 9.00 Å². The highest BCUT2D eigenvalue weighted by molar-refractivity contribution is 7.93. The number of ether oxygens (including phenoxy) is 1. The molecule has 1 unspecified atom stereocenters. The number of hydrogen-bond donors (Lipinski definition) is 0. The number of rotatable bonds is 3. The van der Waals surface area contributed by atoms with Gasteiger partial charge < -0.3 is 4.74 Å². The van der Waals surface area contributed by atoms with E-state index < -0.39 is 21.4 Å². The number of hydrogen-bond acceptors (Lipinski definition) is 3. The molecule has 1 atom stereocenters. The van der Waals surface area contributed by atoms with Crippen molar-refractivity contribution in [2.45, 2.75) is 31.3 Å². The summed E-state index contributed by atoms with van der Waals surface area (Å²) in [6.45, 7) is 5.24. The van der Waals surface area contributed by atoms with Crippen LogP contribution in [0.2, 0.25) is 0 Å². The lowest BCUT2D eigenvalue weighted by atomic mass is 10.0. The number of carbonyl (C=O) groups excluding carboxylic acids is 1. The lowest BCUT2D eigenvalue weighted by Gasteiger charge is -2.17. The molecule has 3 aromatic rings. The molecule has 3 aromatic carbocycles. The van der Waals surface area contributed by atoms with E-state index in [-0.39, 0.29) is 0 Å². The highest BCUT2D eigenvalue weighted by Crippen LogP contribution is 2.26. The first kappa shape index (κ1) is 20.8. The van der Waals surface area contributed by atoms with Crippen molar-refractivity contribution in [1.82, 2.24) is 0 Å². The fourth-order valence-electron chi connectivity index (χ4n) is 2.86. The quantitative estimate of drug-likeness (QED) is 0.504. The third kappa shape index (κ3) is 5.55. The molecule has 0 saturated heterocycles. The molecular formula is C24H25NO3S. The molecular weight excluding hydrogens is 382 g/mol. The van der Waals surface area contributed by atoms with Crippen LogP contribution in [-0.2, 0) is 14.5 Å². The van der Waals surface area contributed by atoms with Gasteiger partial charge in [-0.15, -0.1) is 4.36 Å². The van der Waals surface area contributed by atoms with E-state index in [1.165, 1.54) is 11.8 Å². The van der Waals surface area contributed by atoms with Crippen LogP contribution in [0.1, 0.15) is 20.8 Å². The minimum absolute atomic E-state index is 0.494. The molecule has 0 saturated carbocycles. The van der Waals surface area contributed by atoms with Crippen molar-refractivity contribution in [3.63, 3.8) is 0 Å². The van der Waals surface area contributed by atoms with Crippen LogP contribution >= 0.6 is 0 Å². The van der Waals surface area contributed by atoms with Gasteiger partial charge in [-0.05, 0) is 55.2 Å². The van der Waals surface area contributed by atoms with E-state index in [0.717, 1.165) is 16.7 Å². The summed E-state index contributed by atoms with van der Waals surface area (Å²) in [5.41, 5.74) is 3.71. The second-order valence-electron chi connectivity index (χ2n) is 7.84. The Kier molecular flexibility index (Phi) is 5.89. The molecule has 3 rings (SSSR count). The second kappa shape index (κ2) is 8.21. The van der Waals surface area contributed by atoms with E-state index in [0.29, 0.717) is 4.90 Å². The van der Waals surface area contributed by atoms with Crippen molar-refractivity contribution in [3.8, 4) is 22.3 Å². The molecule has 5 heteroatoms. The predicted octanol–water partition coefficient (Wildman–Crippen LogP) is 6.41. The molecule has 1 amide bonds. The average molecular weight is 408 g/mol. The SMILES string of the molecule is CC(C)(C)OC(=O)N=S(C)(=O)c1ccc(-c2ccc(-c3ccccc3)cc2)cc1. The molecule has 150 valence electrons. The third-order valence-corrected chi connectivity index (χ3v) is 5.90. The first-order valence-electron chi connectivity index (χ1n) is 9.35. The van der Waals surface area contributed by atoms with Gasteiger partial charge in [-0.1, -0.05) is 66.7 Å². The lowest BCUT2D eigenvalue weighted by Crippen LogP contribution is -2.22. The van der Waals surface area contributed by atoms with E-state index in [1.807, 2.05) is 30.3 Å². The molecule has 0 heterocycles. The summed E-state index contributed by atoms with van der Waals surface area (Å²) in [7, 11) is -2.87. The van der Waals surface area contributed by atoms with Crippen LogP contribution in [0.4, 0.5) is 4.79 Å². The maximum atomic E-state index is 12.9. The molecule has 0 N–H and O–H groups in total. The van der Waals surface area contributed by atoms with Crippen LogP contribution in [0, 0.1) is 0 Å². The molecule has 0 aliphatic rings. The standard InChI is InChI=1S/C24H25NO3S/c1-24(2,3)28-23(26)25-29(4,27)22-16-14-21(15-17-22)20-12-10-19(11-13-20)18-8-6-5-7-9-18/h5-17H,1-4H3. The van der Waals surface area contributed by atoms with Gasteiger partial charge in [0.1, 0.15) is 5.60 Å². The molecule has 29 heavy (non-hydrogen) atoms. The van der Waals surface area contributed by atoms with Gasteiger partial charge >= 0.3 is 6.09 Å². The van der Waals surface area contributed by atoms with Crippen molar-refractivity contribution in [2.75, 3.05) is 6.26 Å². The summed E-state index contributed by atoms with van der Waals surface area (Å²) in [5, 5.41) is 0.